The molecule has 0 spiro atoms. The highest BCUT2D eigenvalue weighted by Crippen LogP contribution is 2.37. The summed E-state index contributed by atoms with van der Waals surface area (Å²) < 4.78 is 49.5. The zero-order chi connectivity index (χ0) is 19.3. The van der Waals surface area contributed by atoms with Crippen molar-refractivity contribution in [1.82, 2.24) is 0 Å². The Morgan fingerprint density at radius 2 is 1.96 bits per heavy atom. The van der Waals surface area contributed by atoms with Gasteiger partial charge in [0.25, 0.3) is 0 Å². The van der Waals surface area contributed by atoms with Crippen LogP contribution in [0.25, 0.3) is 6.08 Å². The molecule has 0 radical (unpaired) electrons. The smallest absolute Gasteiger partial charge is 0.216 e. The Morgan fingerprint density at radius 1 is 1.31 bits per heavy atom. The molecule has 0 amide bonds. The quantitative estimate of drug-likeness (QED) is 0.494. The zero-order valence-electron chi connectivity index (χ0n) is 14.0. The summed E-state index contributed by atoms with van der Waals surface area (Å²) in [5.41, 5.74) is 0.430. The molecule has 0 N–H and O–H groups in total. The van der Waals surface area contributed by atoms with E-state index < -0.39 is 20.6 Å². The van der Waals surface area contributed by atoms with Crippen LogP contribution in [-0.4, -0.2) is 22.1 Å². The van der Waals surface area contributed by atoms with Crippen LogP contribution in [0, 0.1) is 17.1 Å². The molecule has 0 bridgehead atoms. The fraction of sp³-hybridized carbons (Fsp3) is 0.167. The summed E-state index contributed by atoms with van der Waals surface area (Å²) in [6, 6.07) is 9.16. The first-order valence-electron chi connectivity index (χ1n) is 7.46. The molecule has 0 atom stereocenters. The van der Waals surface area contributed by atoms with Crippen LogP contribution >= 0.6 is 15.9 Å². The van der Waals surface area contributed by atoms with Gasteiger partial charge in [0.1, 0.15) is 16.8 Å². The van der Waals surface area contributed by atoms with Crippen molar-refractivity contribution in [3.05, 3.63) is 57.2 Å². The van der Waals surface area contributed by atoms with Gasteiger partial charge in [0.05, 0.1) is 23.1 Å². The maximum atomic E-state index is 13.0. The van der Waals surface area contributed by atoms with Gasteiger partial charge in [-0.05, 0) is 70.9 Å². The molecule has 0 fully saturated rings. The minimum absolute atomic E-state index is 0.163. The van der Waals surface area contributed by atoms with Crippen LogP contribution in [-0.2, 0) is 9.84 Å². The summed E-state index contributed by atoms with van der Waals surface area (Å²) in [5.74, 6) is 0.308. The first kappa shape index (κ1) is 19.9. The molecule has 0 saturated heterocycles. The van der Waals surface area contributed by atoms with Gasteiger partial charge >= 0.3 is 0 Å². The average Bonchev–Trinajstić information content (AvgIpc) is 2.61. The molecule has 0 unspecified atom stereocenters. The Kier molecular flexibility index (Phi) is 6.40. The van der Waals surface area contributed by atoms with E-state index in [1.165, 1.54) is 13.2 Å². The molecule has 0 heterocycles. The number of hydrogen-bond acceptors (Lipinski definition) is 5. The molecule has 5 nitrogen and oxygen atoms in total. The van der Waals surface area contributed by atoms with Gasteiger partial charge in [-0.25, -0.2) is 12.8 Å². The number of nitrogens with zero attached hydrogens (tertiary/aromatic N) is 1. The molecular weight excluding hydrogens is 425 g/mol. The predicted octanol–water partition coefficient (Wildman–Crippen LogP) is 4.33. The van der Waals surface area contributed by atoms with E-state index in [1.807, 2.05) is 6.92 Å². The molecule has 26 heavy (non-hydrogen) atoms. The van der Waals surface area contributed by atoms with Crippen LogP contribution < -0.4 is 9.47 Å². The van der Waals surface area contributed by atoms with E-state index in [9.17, 15) is 18.1 Å². The second-order valence-electron chi connectivity index (χ2n) is 5.04. The van der Waals surface area contributed by atoms with E-state index in [-0.39, 0.29) is 4.90 Å². The van der Waals surface area contributed by atoms with Gasteiger partial charge in [0.15, 0.2) is 11.5 Å². The Bertz CT molecular complexity index is 979. The molecule has 2 rings (SSSR count). The van der Waals surface area contributed by atoms with Crippen LogP contribution in [0.5, 0.6) is 11.5 Å². The fourth-order valence-corrected chi connectivity index (χ4v) is 3.90. The maximum Gasteiger partial charge on any atom is 0.216 e. The van der Waals surface area contributed by atoms with E-state index in [0.717, 1.165) is 24.3 Å². The number of nitriles is 1. The van der Waals surface area contributed by atoms with Crippen LogP contribution in [0.15, 0.2) is 50.7 Å². The highest BCUT2D eigenvalue weighted by molar-refractivity contribution is 9.10. The topological polar surface area (TPSA) is 76.4 Å². The fourth-order valence-electron chi connectivity index (χ4n) is 2.17. The van der Waals surface area contributed by atoms with Crippen molar-refractivity contribution >= 4 is 31.8 Å². The molecule has 0 saturated carbocycles. The predicted molar refractivity (Wildman–Crippen MR) is 99.0 cm³/mol. The third-order valence-electron chi connectivity index (χ3n) is 3.36. The SMILES string of the molecule is CCOc1c(Br)cc(/C=C(\C#N)S(=O)(=O)c2ccc(F)cc2)cc1OC. The third-order valence-corrected chi connectivity index (χ3v) is 5.63. The number of ether oxygens (including phenoxy) is 2. The van der Waals surface area contributed by atoms with Crippen molar-refractivity contribution in [1.29, 1.82) is 5.26 Å². The third kappa shape index (κ3) is 4.23. The van der Waals surface area contributed by atoms with Gasteiger partial charge in [-0.2, -0.15) is 5.26 Å². The van der Waals surface area contributed by atoms with Crippen molar-refractivity contribution < 1.29 is 22.3 Å². The summed E-state index contributed by atoms with van der Waals surface area (Å²) in [6.07, 6.45) is 1.22. The number of benzene rings is 2. The van der Waals surface area contributed by atoms with E-state index >= 15 is 0 Å². The van der Waals surface area contributed by atoms with E-state index in [4.69, 9.17) is 9.47 Å². The van der Waals surface area contributed by atoms with Crippen molar-refractivity contribution in [2.45, 2.75) is 11.8 Å². The van der Waals surface area contributed by atoms with Crippen molar-refractivity contribution in [3.63, 3.8) is 0 Å². The molecule has 136 valence electrons. The summed E-state index contributed by atoms with van der Waals surface area (Å²) in [7, 11) is -2.62. The van der Waals surface area contributed by atoms with Crippen molar-refractivity contribution in [2.24, 2.45) is 0 Å². The second kappa shape index (κ2) is 8.34. The summed E-state index contributed by atoms with van der Waals surface area (Å²) >= 11 is 3.35. The first-order chi connectivity index (χ1) is 12.3. The monoisotopic (exact) mass is 439 g/mol. The normalized spacial score (nSPS) is 11.7. The van der Waals surface area contributed by atoms with Crippen LogP contribution in [0.4, 0.5) is 4.39 Å². The molecule has 2 aromatic carbocycles. The van der Waals surface area contributed by atoms with Gasteiger partial charge < -0.3 is 9.47 Å². The van der Waals surface area contributed by atoms with Crippen molar-refractivity contribution in [2.75, 3.05) is 13.7 Å². The van der Waals surface area contributed by atoms with Crippen LogP contribution in [0.3, 0.4) is 0 Å². The molecule has 0 aliphatic carbocycles. The summed E-state index contributed by atoms with van der Waals surface area (Å²) in [5, 5.41) is 9.33. The maximum absolute atomic E-state index is 13.0. The number of rotatable bonds is 6. The summed E-state index contributed by atoms with van der Waals surface area (Å²) in [4.78, 5) is -0.633. The first-order valence-corrected chi connectivity index (χ1v) is 9.74. The largest absolute Gasteiger partial charge is 0.493 e. The molecule has 8 heteroatoms. The van der Waals surface area contributed by atoms with Gasteiger partial charge in [-0.15, -0.1) is 0 Å². The summed E-state index contributed by atoms with van der Waals surface area (Å²) in [6.45, 7) is 2.25. The Labute approximate surface area is 159 Å². The lowest BCUT2D eigenvalue weighted by molar-refractivity contribution is 0.309. The highest BCUT2D eigenvalue weighted by Gasteiger charge is 2.21. The Morgan fingerprint density at radius 3 is 2.50 bits per heavy atom. The lowest BCUT2D eigenvalue weighted by atomic mass is 10.2. The van der Waals surface area contributed by atoms with E-state index in [1.54, 1.807) is 18.2 Å². The number of allylic oxidation sites excluding steroid dienone is 1. The van der Waals surface area contributed by atoms with E-state index in [0.29, 0.717) is 28.1 Å². The minimum atomic E-state index is -4.07. The second-order valence-corrected chi connectivity index (χ2v) is 7.82. The number of hydrogen-bond donors (Lipinski definition) is 0. The zero-order valence-corrected chi connectivity index (χ0v) is 16.4. The molecule has 0 aromatic heterocycles. The standard InChI is InChI=1S/C18H15BrFNO4S/c1-3-25-18-16(19)9-12(10-17(18)24-2)8-15(11-21)26(22,23)14-6-4-13(20)5-7-14/h4-10H,3H2,1-2H3/b15-8+. The molecule has 2 aromatic rings. The highest BCUT2D eigenvalue weighted by atomic mass is 79.9. The lowest BCUT2D eigenvalue weighted by Crippen LogP contribution is -2.04. The van der Waals surface area contributed by atoms with Gasteiger partial charge in [-0.3, -0.25) is 0 Å². The number of halogens is 2. The minimum Gasteiger partial charge on any atom is -0.493 e. The van der Waals surface area contributed by atoms with Crippen molar-refractivity contribution in [3.8, 4) is 17.6 Å². The Hall–Kier alpha value is -2.37. The van der Waals surface area contributed by atoms with Gasteiger partial charge in [0, 0.05) is 0 Å². The van der Waals surface area contributed by atoms with E-state index in [2.05, 4.69) is 15.9 Å². The lowest BCUT2D eigenvalue weighted by Gasteiger charge is -2.12. The van der Waals surface area contributed by atoms with Crippen LogP contribution in [0.1, 0.15) is 12.5 Å². The number of sulfone groups is 1. The van der Waals surface area contributed by atoms with Gasteiger partial charge in [0.2, 0.25) is 9.84 Å². The van der Waals surface area contributed by atoms with Crippen LogP contribution in [0.2, 0.25) is 0 Å². The molecule has 0 aliphatic rings. The Balaban J connectivity index is 2.54. The molecule has 0 aliphatic heterocycles. The average molecular weight is 440 g/mol. The van der Waals surface area contributed by atoms with Gasteiger partial charge in [-0.1, -0.05) is 0 Å². The number of methoxy groups -OCH3 is 1. The molecular formula is C18H15BrFNO4S.